The van der Waals surface area contributed by atoms with Crippen LogP contribution in [0.2, 0.25) is 0 Å². The van der Waals surface area contributed by atoms with Crippen LogP contribution in [0.1, 0.15) is 51.4 Å². The predicted octanol–water partition coefficient (Wildman–Crippen LogP) is 6.15. The molecule has 0 saturated carbocycles. The Morgan fingerprint density at radius 3 is 2.04 bits per heavy atom. The predicted molar refractivity (Wildman–Crippen MR) is 98.7 cm³/mol. The van der Waals surface area contributed by atoms with Crippen LogP contribution in [0.5, 0.6) is 5.75 Å². The normalized spacial score (nSPS) is 8.39. The van der Waals surface area contributed by atoms with Gasteiger partial charge in [0.25, 0.3) is 0 Å². The molecule has 3 heteroatoms. The summed E-state index contributed by atoms with van der Waals surface area (Å²) in [7, 11) is 1.66. The highest BCUT2D eigenvalue weighted by Crippen LogP contribution is 2.13. The van der Waals surface area contributed by atoms with Crippen molar-refractivity contribution in [2.24, 2.45) is 0 Å². The lowest BCUT2D eigenvalue weighted by atomic mass is 10.2. The summed E-state index contributed by atoms with van der Waals surface area (Å²) in [5.41, 5.74) is 2.70. The van der Waals surface area contributed by atoms with Crippen LogP contribution < -0.4 is 4.74 Å². The molecule has 0 bridgehead atoms. The van der Waals surface area contributed by atoms with E-state index in [1.165, 1.54) is 6.07 Å². The molecular formula is C20H32FNO. The van der Waals surface area contributed by atoms with Crippen molar-refractivity contribution >= 4 is 0 Å². The first-order chi connectivity index (χ1) is 11.1. The monoisotopic (exact) mass is 321 g/mol. The van der Waals surface area contributed by atoms with Crippen LogP contribution in [0.25, 0.3) is 0 Å². The fourth-order valence-electron chi connectivity index (χ4n) is 1.57. The Morgan fingerprint density at radius 1 is 1.04 bits per heavy atom. The Hall–Kier alpha value is -1.90. The van der Waals surface area contributed by atoms with Gasteiger partial charge in [0.15, 0.2) is 0 Å². The second-order valence-corrected chi connectivity index (χ2v) is 4.26. The average molecular weight is 321 g/mol. The van der Waals surface area contributed by atoms with E-state index in [1.54, 1.807) is 26.3 Å². The molecule has 0 spiro atoms. The van der Waals surface area contributed by atoms with Crippen LogP contribution in [0.3, 0.4) is 0 Å². The molecule has 2 aromatic rings. The highest BCUT2D eigenvalue weighted by molar-refractivity contribution is 5.26. The van der Waals surface area contributed by atoms with Crippen molar-refractivity contribution in [1.82, 2.24) is 4.98 Å². The van der Waals surface area contributed by atoms with Gasteiger partial charge in [-0.3, -0.25) is 4.98 Å². The van der Waals surface area contributed by atoms with Gasteiger partial charge in [-0.25, -0.2) is 4.39 Å². The molecule has 0 aliphatic rings. The van der Waals surface area contributed by atoms with Crippen molar-refractivity contribution in [2.45, 2.75) is 54.9 Å². The van der Waals surface area contributed by atoms with Crippen molar-refractivity contribution in [1.29, 1.82) is 0 Å². The van der Waals surface area contributed by atoms with E-state index in [1.807, 2.05) is 52.8 Å². The third kappa shape index (κ3) is 9.67. The number of pyridine rings is 1. The van der Waals surface area contributed by atoms with E-state index in [9.17, 15) is 4.39 Å². The lowest BCUT2D eigenvalue weighted by Gasteiger charge is -2.02. The van der Waals surface area contributed by atoms with Crippen molar-refractivity contribution in [2.75, 3.05) is 7.11 Å². The lowest BCUT2D eigenvalue weighted by Crippen LogP contribution is -1.92. The molecule has 0 fully saturated rings. The molecule has 1 aromatic heterocycles. The minimum atomic E-state index is -0.116. The van der Waals surface area contributed by atoms with Crippen LogP contribution in [0.4, 0.5) is 4.39 Å². The number of methoxy groups -OCH3 is 1. The van der Waals surface area contributed by atoms with Crippen molar-refractivity contribution in [3.05, 3.63) is 59.2 Å². The molecule has 2 nitrogen and oxygen atoms in total. The minimum absolute atomic E-state index is 0.116. The van der Waals surface area contributed by atoms with Crippen molar-refractivity contribution in [3.8, 4) is 5.75 Å². The first kappa shape index (κ1) is 23.4. The quantitative estimate of drug-likeness (QED) is 0.662. The van der Waals surface area contributed by atoms with Crippen LogP contribution in [0.15, 0.2) is 36.5 Å². The smallest absolute Gasteiger partial charge is 0.140 e. The number of aryl methyl sites for hydroxylation is 3. The summed E-state index contributed by atoms with van der Waals surface area (Å²) in [5.74, 6) is 0.764. The summed E-state index contributed by atoms with van der Waals surface area (Å²) in [6.07, 6.45) is 2.70. The molecular weight excluding hydrogens is 289 g/mol. The highest BCUT2D eigenvalue weighted by atomic mass is 19.1. The van der Waals surface area contributed by atoms with E-state index in [-0.39, 0.29) is 5.82 Å². The van der Waals surface area contributed by atoms with Crippen LogP contribution >= 0.6 is 0 Å². The number of nitrogens with zero attached hydrogens (tertiary/aromatic N) is 1. The molecule has 130 valence electrons. The number of hydrogen-bond acceptors (Lipinski definition) is 2. The standard InChI is InChI=1S/C8H9F.C8H11NO.2C2H6/c1-6-3-4-7(2)8(9)5-6;1-3-7-8(10-2)5-4-6-9-7;2*1-2/h3-5H,1-2H3;4-6H,3H2,1-2H3;2*1-2H3. The Balaban J connectivity index is 0. The van der Waals surface area contributed by atoms with Crippen molar-refractivity contribution in [3.63, 3.8) is 0 Å². The summed E-state index contributed by atoms with van der Waals surface area (Å²) in [4.78, 5) is 4.14. The number of aromatic nitrogens is 1. The van der Waals surface area contributed by atoms with Gasteiger partial charge in [-0.05, 0) is 49.6 Å². The zero-order chi connectivity index (χ0) is 18.3. The fraction of sp³-hybridized carbons (Fsp3) is 0.450. The first-order valence-electron chi connectivity index (χ1n) is 8.29. The Kier molecular flexibility index (Phi) is 15.3. The third-order valence-electron chi connectivity index (χ3n) is 2.73. The van der Waals surface area contributed by atoms with E-state index in [4.69, 9.17) is 4.74 Å². The molecule has 23 heavy (non-hydrogen) atoms. The van der Waals surface area contributed by atoms with E-state index >= 15 is 0 Å². The van der Waals surface area contributed by atoms with Gasteiger partial charge in [-0.2, -0.15) is 0 Å². The first-order valence-corrected chi connectivity index (χ1v) is 8.29. The molecule has 0 aliphatic heterocycles. The summed E-state index contributed by atoms with van der Waals surface area (Å²) in [5, 5.41) is 0. The van der Waals surface area contributed by atoms with Gasteiger partial charge in [0.1, 0.15) is 11.6 Å². The number of benzene rings is 1. The van der Waals surface area contributed by atoms with E-state index in [2.05, 4.69) is 11.9 Å². The molecule has 2 rings (SSSR count). The molecule has 0 amide bonds. The van der Waals surface area contributed by atoms with Gasteiger partial charge in [0, 0.05) is 6.20 Å². The molecule has 0 saturated heterocycles. The second-order valence-electron chi connectivity index (χ2n) is 4.26. The fourth-order valence-corrected chi connectivity index (χ4v) is 1.57. The number of halogens is 1. The van der Waals surface area contributed by atoms with Crippen molar-refractivity contribution < 1.29 is 9.13 Å². The van der Waals surface area contributed by atoms with Gasteiger partial charge in [0.05, 0.1) is 12.8 Å². The third-order valence-corrected chi connectivity index (χ3v) is 2.73. The van der Waals surface area contributed by atoms with E-state index in [0.29, 0.717) is 5.56 Å². The SMILES string of the molecule is CC.CC.CCc1ncccc1OC.Cc1ccc(C)c(F)c1. The van der Waals surface area contributed by atoms with Crippen LogP contribution in [-0.4, -0.2) is 12.1 Å². The summed E-state index contributed by atoms with van der Waals surface area (Å²) < 4.78 is 17.7. The Bertz CT molecular complexity index is 504. The number of rotatable bonds is 2. The second kappa shape index (κ2) is 15.0. The molecule has 0 radical (unpaired) electrons. The molecule has 1 heterocycles. The summed E-state index contributed by atoms with van der Waals surface area (Å²) >= 11 is 0. The largest absolute Gasteiger partial charge is 0.495 e. The molecule has 0 aliphatic carbocycles. The zero-order valence-electron chi connectivity index (χ0n) is 15.9. The maximum absolute atomic E-state index is 12.6. The van der Waals surface area contributed by atoms with E-state index in [0.717, 1.165) is 23.4 Å². The van der Waals surface area contributed by atoms with Crippen LogP contribution in [0, 0.1) is 19.7 Å². The van der Waals surface area contributed by atoms with Gasteiger partial charge < -0.3 is 4.74 Å². The molecule has 1 aromatic carbocycles. The summed E-state index contributed by atoms with van der Waals surface area (Å²) in [6.45, 7) is 13.7. The van der Waals surface area contributed by atoms with Gasteiger partial charge in [-0.1, -0.05) is 46.8 Å². The van der Waals surface area contributed by atoms with Crippen LogP contribution in [-0.2, 0) is 6.42 Å². The lowest BCUT2D eigenvalue weighted by molar-refractivity contribution is 0.407. The maximum atomic E-state index is 12.6. The van der Waals surface area contributed by atoms with Gasteiger partial charge in [-0.15, -0.1) is 0 Å². The number of ether oxygens (including phenoxy) is 1. The maximum Gasteiger partial charge on any atom is 0.140 e. The highest BCUT2D eigenvalue weighted by Gasteiger charge is 1.97. The molecule has 0 unspecified atom stereocenters. The molecule has 0 N–H and O–H groups in total. The van der Waals surface area contributed by atoms with Gasteiger partial charge >= 0.3 is 0 Å². The van der Waals surface area contributed by atoms with Gasteiger partial charge in [0.2, 0.25) is 0 Å². The average Bonchev–Trinajstić information content (AvgIpc) is 2.62. The zero-order valence-corrected chi connectivity index (χ0v) is 15.9. The minimum Gasteiger partial charge on any atom is -0.495 e. The van der Waals surface area contributed by atoms with E-state index < -0.39 is 0 Å². The topological polar surface area (TPSA) is 22.1 Å². The molecule has 0 atom stereocenters. The Labute approximate surface area is 141 Å². The Morgan fingerprint density at radius 2 is 1.65 bits per heavy atom. The number of hydrogen-bond donors (Lipinski definition) is 0. The summed E-state index contributed by atoms with van der Waals surface area (Å²) in [6, 6.07) is 9.02.